The fraction of sp³-hybridized carbons (Fsp3) is 0.176. The molecule has 0 saturated carbocycles. The van der Waals surface area contributed by atoms with Crippen LogP contribution in [0, 0.1) is 0 Å². The first-order chi connectivity index (χ1) is 10.7. The third kappa shape index (κ3) is 1.94. The van der Waals surface area contributed by atoms with E-state index in [-0.39, 0.29) is 17.0 Å². The number of hydrogen-bond donors (Lipinski definition) is 2. The second kappa shape index (κ2) is 4.87. The van der Waals surface area contributed by atoms with Gasteiger partial charge in [-0.3, -0.25) is 9.59 Å². The van der Waals surface area contributed by atoms with Crippen molar-refractivity contribution in [1.82, 2.24) is 14.9 Å². The molecule has 3 aromatic rings. The van der Waals surface area contributed by atoms with Crippen molar-refractivity contribution in [3.8, 4) is 0 Å². The minimum absolute atomic E-state index is 0.200. The number of carbonyl (C=O) groups is 1. The summed E-state index contributed by atoms with van der Waals surface area (Å²) in [6.07, 6.45) is 2.31. The molecule has 0 radical (unpaired) electrons. The highest BCUT2D eigenvalue weighted by Gasteiger charge is 2.25. The first kappa shape index (κ1) is 12.9. The summed E-state index contributed by atoms with van der Waals surface area (Å²) in [5.41, 5.74) is 3.30. The van der Waals surface area contributed by atoms with E-state index in [9.17, 15) is 9.59 Å². The van der Waals surface area contributed by atoms with Gasteiger partial charge in [-0.05, 0) is 18.2 Å². The summed E-state index contributed by atoms with van der Waals surface area (Å²) in [6, 6.07) is 11.4. The van der Waals surface area contributed by atoms with Crippen LogP contribution in [0.15, 0.2) is 47.4 Å². The van der Waals surface area contributed by atoms with E-state index < -0.39 is 0 Å². The summed E-state index contributed by atoms with van der Waals surface area (Å²) in [6.45, 7) is 1.15. The van der Waals surface area contributed by atoms with Gasteiger partial charge in [0.25, 0.3) is 11.5 Å². The van der Waals surface area contributed by atoms with E-state index in [4.69, 9.17) is 0 Å². The standard InChI is InChI=1S/C17H15N3O2/c21-16-12(5-3-8-18-16)17(22)20-9-7-15-13(10-20)11-4-1-2-6-14(11)19-15/h1-6,8,19H,7,9-10H2,(H,18,21). The van der Waals surface area contributed by atoms with Gasteiger partial charge in [-0.15, -0.1) is 0 Å². The Morgan fingerprint density at radius 1 is 1.14 bits per heavy atom. The van der Waals surface area contributed by atoms with Gasteiger partial charge >= 0.3 is 0 Å². The van der Waals surface area contributed by atoms with Crippen molar-refractivity contribution in [1.29, 1.82) is 0 Å². The molecular formula is C17H15N3O2. The summed E-state index contributed by atoms with van der Waals surface area (Å²) in [4.78, 5) is 32.1. The van der Waals surface area contributed by atoms with Crippen LogP contribution in [0.25, 0.3) is 10.9 Å². The quantitative estimate of drug-likeness (QED) is 0.721. The Bertz CT molecular complexity index is 923. The minimum Gasteiger partial charge on any atom is -0.358 e. The van der Waals surface area contributed by atoms with Crippen LogP contribution in [0.5, 0.6) is 0 Å². The number of rotatable bonds is 1. The van der Waals surface area contributed by atoms with E-state index in [0.29, 0.717) is 13.1 Å². The maximum Gasteiger partial charge on any atom is 0.260 e. The number of nitrogens with one attached hydrogen (secondary N) is 2. The summed E-state index contributed by atoms with van der Waals surface area (Å²) in [7, 11) is 0. The van der Waals surface area contributed by atoms with Crippen molar-refractivity contribution in [3.63, 3.8) is 0 Å². The topological polar surface area (TPSA) is 69.0 Å². The molecule has 3 heterocycles. The molecule has 0 bridgehead atoms. The molecule has 1 aliphatic heterocycles. The first-order valence-corrected chi connectivity index (χ1v) is 7.29. The van der Waals surface area contributed by atoms with Crippen LogP contribution in [0.4, 0.5) is 0 Å². The van der Waals surface area contributed by atoms with E-state index in [2.05, 4.69) is 16.0 Å². The average molecular weight is 293 g/mol. The fourth-order valence-electron chi connectivity index (χ4n) is 3.10. The van der Waals surface area contributed by atoms with Crippen molar-refractivity contribution in [2.45, 2.75) is 13.0 Å². The number of H-pyrrole nitrogens is 2. The molecule has 2 aromatic heterocycles. The highest BCUT2D eigenvalue weighted by Crippen LogP contribution is 2.27. The first-order valence-electron chi connectivity index (χ1n) is 7.29. The molecule has 0 atom stereocenters. The van der Waals surface area contributed by atoms with Crippen LogP contribution in [0.1, 0.15) is 21.6 Å². The number of aromatic nitrogens is 2. The number of aromatic amines is 2. The Labute approximate surface area is 126 Å². The van der Waals surface area contributed by atoms with Gasteiger partial charge in [0, 0.05) is 47.9 Å². The van der Waals surface area contributed by atoms with Crippen molar-refractivity contribution < 1.29 is 4.79 Å². The predicted molar refractivity (Wildman–Crippen MR) is 83.8 cm³/mol. The number of para-hydroxylation sites is 1. The minimum atomic E-state index is -0.336. The molecule has 4 rings (SSSR count). The summed E-state index contributed by atoms with van der Waals surface area (Å²) in [5, 5.41) is 1.15. The van der Waals surface area contributed by atoms with Gasteiger partial charge in [-0.2, -0.15) is 0 Å². The van der Waals surface area contributed by atoms with Gasteiger partial charge in [0.1, 0.15) is 5.56 Å². The van der Waals surface area contributed by atoms with Gasteiger partial charge in [-0.25, -0.2) is 0 Å². The van der Waals surface area contributed by atoms with Crippen LogP contribution in [-0.2, 0) is 13.0 Å². The van der Waals surface area contributed by atoms with E-state index in [1.54, 1.807) is 17.0 Å². The van der Waals surface area contributed by atoms with Crippen LogP contribution >= 0.6 is 0 Å². The number of pyridine rings is 1. The molecule has 0 saturated heterocycles. The lowest BCUT2D eigenvalue weighted by Crippen LogP contribution is -2.38. The second-order valence-corrected chi connectivity index (χ2v) is 5.52. The van der Waals surface area contributed by atoms with Crippen LogP contribution in [0.3, 0.4) is 0 Å². The molecule has 22 heavy (non-hydrogen) atoms. The predicted octanol–water partition coefficient (Wildman–Crippen LogP) is 2.05. The molecule has 0 fully saturated rings. The van der Waals surface area contributed by atoms with Crippen LogP contribution < -0.4 is 5.56 Å². The fourth-order valence-corrected chi connectivity index (χ4v) is 3.10. The maximum absolute atomic E-state index is 12.6. The SMILES string of the molecule is O=C(c1ccc[nH]c1=O)N1CCc2[nH]c3ccccc3c2C1. The van der Waals surface area contributed by atoms with E-state index >= 15 is 0 Å². The third-order valence-electron chi connectivity index (χ3n) is 4.22. The van der Waals surface area contributed by atoms with Gasteiger partial charge in [-0.1, -0.05) is 18.2 Å². The Kier molecular flexibility index (Phi) is 2.85. The zero-order chi connectivity index (χ0) is 15.1. The Morgan fingerprint density at radius 3 is 2.86 bits per heavy atom. The van der Waals surface area contributed by atoms with E-state index in [0.717, 1.165) is 22.9 Å². The molecule has 110 valence electrons. The molecule has 0 aliphatic carbocycles. The van der Waals surface area contributed by atoms with Crippen LogP contribution in [0.2, 0.25) is 0 Å². The number of hydrogen-bond acceptors (Lipinski definition) is 2. The van der Waals surface area contributed by atoms with Gasteiger partial charge in [0.2, 0.25) is 0 Å². The third-order valence-corrected chi connectivity index (χ3v) is 4.22. The zero-order valence-corrected chi connectivity index (χ0v) is 11.9. The van der Waals surface area contributed by atoms with Gasteiger partial charge in [0.15, 0.2) is 0 Å². The highest BCUT2D eigenvalue weighted by molar-refractivity contribution is 5.94. The Balaban J connectivity index is 1.71. The number of fused-ring (bicyclic) bond motifs is 3. The second-order valence-electron chi connectivity index (χ2n) is 5.52. The number of amides is 1. The monoisotopic (exact) mass is 293 g/mol. The molecule has 0 unspecified atom stereocenters. The molecule has 5 heteroatoms. The maximum atomic E-state index is 12.6. The van der Waals surface area contributed by atoms with Crippen molar-refractivity contribution in [2.75, 3.05) is 6.54 Å². The summed E-state index contributed by atoms with van der Waals surface area (Å²) in [5.74, 6) is -0.210. The summed E-state index contributed by atoms with van der Waals surface area (Å²) < 4.78 is 0. The lowest BCUT2D eigenvalue weighted by atomic mass is 10.0. The molecule has 2 N–H and O–H groups in total. The van der Waals surface area contributed by atoms with Crippen molar-refractivity contribution in [3.05, 3.63) is 69.8 Å². The average Bonchev–Trinajstić information content (AvgIpc) is 2.92. The van der Waals surface area contributed by atoms with Gasteiger partial charge < -0.3 is 14.9 Å². The highest BCUT2D eigenvalue weighted by atomic mass is 16.2. The molecule has 1 amide bonds. The molecule has 5 nitrogen and oxygen atoms in total. The van der Waals surface area contributed by atoms with Crippen LogP contribution in [-0.4, -0.2) is 27.3 Å². The lowest BCUT2D eigenvalue weighted by molar-refractivity contribution is 0.0733. The van der Waals surface area contributed by atoms with Gasteiger partial charge in [0.05, 0.1) is 0 Å². The lowest BCUT2D eigenvalue weighted by Gasteiger charge is -2.27. The molecule has 0 spiro atoms. The van der Waals surface area contributed by atoms with E-state index in [1.807, 2.05) is 18.2 Å². The zero-order valence-electron chi connectivity index (χ0n) is 11.9. The Morgan fingerprint density at radius 2 is 2.00 bits per heavy atom. The largest absolute Gasteiger partial charge is 0.358 e. The summed E-state index contributed by atoms with van der Waals surface area (Å²) >= 11 is 0. The normalized spacial score (nSPS) is 14.1. The van der Waals surface area contributed by atoms with Crippen molar-refractivity contribution in [2.24, 2.45) is 0 Å². The Hall–Kier alpha value is -2.82. The molecule has 1 aromatic carbocycles. The molecular weight excluding hydrogens is 278 g/mol. The number of carbonyl (C=O) groups excluding carboxylic acids is 1. The number of benzene rings is 1. The number of nitrogens with zero attached hydrogens (tertiary/aromatic N) is 1. The van der Waals surface area contributed by atoms with E-state index in [1.165, 1.54) is 11.9 Å². The van der Waals surface area contributed by atoms with Crippen molar-refractivity contribution >= 4 is 16.8 Å². The smallest absolute Gasteiger partial charge is 0.260 e. The molecule has 1 aliphatic rings.